The Labute approximate surface area is 174 Å². The van der Waals surface area contributed by atoms with Gasteiger partial charge in [-0.2, -0.15) is 0 Å². The maximum absolute atomic E-state index is 12.5. The number of piperidine rings is 1. The molecule has 0 N–H and O–H groups in total. The van der Waals surface area contributed by atoms with Crippen LogP contribution in [0.25, 0.3) is 0 Å². The molecule has 0 saturated carbocycles. The minimum atomic E-state index is 0.149. The van der Waals surface area contributed by atoms with E-state index in [0.717, 1.165) is 51.3 Å². The fourth-order valence-electron chi connectivity index (χ4n) is 4.54. The first-order valence-corrected chi connectivity index (χ1v) is 10.9. The molecule has 6 nitrogen and oxygen atoms in total. The van der Waals surface area contributed by atoms with Crippen molar-refractivity contribution in [2.45, 2.75) is 38.5 Å². The monoisotopic (exact) mass is 401 g/mol. The Morgan fingerprint density at radius 3 is 2.79 bits per heavy atom. The molecule has 0 aromatic heterocycles. The molecule has 0 unspecified atom stereocenters. The van der Waals surface area contributed by atoms with Crippen molar-refractivity contribution in [3.8, 4) is 5.75 Å². The molecule has 3 rings (SSSR count). The van der Waals surface area contributed by atoms with E-state index in [0.29, 0.717) is 25.3 Å². The van der Waals surface area contributed by atoms with E-state index < -0.39 is 0 Å². The highest BCUT2D eigenvalue weighted by molar-refractivity contribution is 5.80. The largest absolute Gasteiger partial charge is 0.496 e. The third kappa shape index (κ3) is 6.20. The predicted molar refractivity (Wildman–Crippen MR) is 114 cm³/mol. The van der Waals surface area contributed by atoms with Crippen LogP contribution >= 0.6 is 0 Å². The van der Waals surface area contributed by atoms with E-state index in [9.17, 15) is 9.59 Å². The lowest BCUT2D eigenvalue weighted by molar-refractivity contribution is -0.132. The second-order valence-electron chi connectivity index (χ2n) is 8.38. The van der Waals surface area contributed by atoms with Crippen molar-refractivity contribution < 1.29 is 14.3 Å². The van der Waals surface area contributed by atoms with E-state index in [2.05, 4.69) is 17.0 Å². The first-order valence-electron chi connectivity index (χ1n) is 10.9. The molecule has 0 bridgehead atoms. The molecule has 1 aromatic carbocycles. The molecule has 6 heteroatoms. The molecule has 2 fully saturated rings. The topological polar surface area (TPSA) is 53.1 Å². The van der Waals surface area contributed by atoms with Crippen molar-refractivity contribution in [2.24, 2.45) is 5.92 Å². The molecule has 2 aliphatic rings. The van der Waals surface area contributed by atoms with Gasteiger partial charge in [-0.3, -0.25) is 9.59 Å². The van der Waals surface area contributed by atoms with Crippen molar-refractivity contribution >= 4 is 11.8 Å². The van der Waals surface area contributed by atoms with Gasteiger partial charge < -0.3 is 19.4 Å². The standard InChI is InChI=1S/C23H35N3O3/c1-24(22(27)12-16-26-14-6-10-23(26)28)17-19-7-5-13-25(18-19)15-11-20-8-3-4-9-21(20)29-2/h3-4,8-9,19H,5-7,10-18H2,1-2H3/t19-/m0/s1. The molecule has 0 radical (unpaired) electrons. The van der Waals surface area contributed by atoms with Crippen molar-refractivity contribution in [1.29, 1.82) is 0 Å². The molecule has 1 aromatic rings. The van der Waals surface area contributed by atoms with Crippen molar-refractivity contribution in [3.63, 3.8) is 0 Å². The van der Waals surface area contributed by atoms with Crippen LogP contribution in [0.1, 0.15) is 37.7 Å². The number of amides is 2. The highest BCUT2D eigenvalue weighted by Crippen LogP contribution is 2.21. The summed E-state index contributed by atoms with van der Waals surface area (Å²) in [6.07, 6.45) is 5.34. The van der Waals surface area contributed by atoms with Crippen molar-refractivity contribution in [3.05, 3.63) is 29.8 Å². The predicted octanol–water partition coefficient (Wildman–Crippen LogP) is 2.42. The number of carbonyl (C=O) groups is 2. The van der Waals surface area contributed by atoms with Gasteiger partial charge in [0.1, 0.15) is 5.75 Å². The number of para-hydroxylation sites is 1. The van der Waals surface area contributed by atoms with Gasteiger partial charge in [-0.05, 0) is 49.8 Å². The Bertz CT molecular complexity index is 694. The fraction of sp³-hybridized carbons (Fsp3) is 0.652. The first-order chi connectivity index (χ1) is 14.1. The summed E-state index contributed by atoms with van der Waals surface area (Å²) in [6.45, 7) is 5.36. The maximum atomic E-state index is 12.5. The lowest BCUT2D eigenvalue weighted by atomic mass is 9.97. The van der Waals surface area contributed by atoms with Crippen LogP contribution in [-0.2, 0) is 16.0 Å². The summed E-state index contributed by atoms with van der Waals surface area (Å²) in [5.41, 5.74) is 1.25. The lowest BCUT2D eigenvalue weighted by Gasteiger charge is -2.35. The third-order valence-electron chi connectivity index (χ3n) is 6.22. The number of hydrogen-bond acceptors (Lipinski definition) is 4. The normalized spacial score (nSPS) is 20.1. The summed E-state index contributed by atoms with van der Waals surface area (Å²) in [5, 5.41) is 0. The molecule has 29 heavy (non-hydrogen) atoms. The number of ether oxygens (including phenoxy) is 1. The van der Waals surface area contributed by atoms with E-state index in [4.69, 9.17) is 4.74 Å². The Balaban J connectivity index is 1.41. The van der Waals surface area contributed by atoms with Gasteiger partial charge in [-0.15, -0.1) is 0 Å². The van der Waals surface area contributed by atoms with Crippen molar-refractivity contribution in [2.75, 3.05) is 53.4 Å². The second-order valence-corrected chi connectivity index (χ2v) is 8.38. The van der Waals surface area contributed by atoms with Crippen LogP contribution in [0.5, 0.6) is 5.75 Å². The molecule has 160 valence electrons. The van der Waals surface area contributed by atoms with E-state index in [1.54, 1.807) is 7.11 Å². The molecular weight excluding hydrogens is 366 g/mol. The Kier molecular flexibility index (Phi) is 7.92. The number of carbonyl (C=O) groups excluding carboxylic acids is 2. The molecule has 2 aliphatic heterocycles. The molecule has 0 spiro atoms. The molecule has 2 saturated heterocycles. The SMILES string of the molecule is COc1ccccc1CCN1CCC[C@@H](CN(C)C(=O)CCN2CCCC2=O)C1. The summed E-state index contributed by atoms with van der Waals surface area (Å²) in [7, 11) is 3.63. The van der Waals surface area contributed by atoms with Gasteiger partial charge >= 0.3 is 0 Å². The Morgan fingerprint density at radius 2 is 2.03 bits per heavy atom. The number of likely N-dealkylation sites (tertiary alicyclic amines) is 2. The van der Waals surface area contributed by atoms with Gasteiger partial charge in [0.25, 0.3) is 0 Å². The zero-order chi connectivity index (χ0) is 20.6. The average Bonchev–Trinajstić information content (AvgIpc) is 3.15. The van der Waals surface area contributed by atoms with Gasteiger partial charge in [-0.1, -0.05) is 18.2 Å². The summed E-state index contributed by atoms with van der Waals surface area (Å²) in [5.74, 6) is 1.82. The van der Waals surface area contributed by atoms with Crippen LogP contribution in [-0.4, -0.2) is 79.9 Å². The Hall–Kier alpha value is -2.08. The minimum Gasteiger partial charge on any atom is -0.496 e. The maximum Gasteiger partial charge on any atom is 0.224 e. The molecule has 2 amide bonds. The Morgan fingerprint density at radius 1 is 1.21 bits per heavy atom. The molecule has 2 heterocycles. The van der Waals surface area contributed by atoms with Crippen LogP contribution < -0.4 is 4.74 Å². The van der Waals surface area contributed by atoms with Crippen LogP contribution in [0.4, 0.5) is 0 Å². The fourth-order valence-corrected chi connectivity index (χ4v) is 4.54. The average molecular weight is 402 g/mol. The van der Waals surface area contributed by atoms with E-state index in [-0.39, 0.29) is 11.8 Å². The number of benzene rings is 1. The van der Waals surface area contributed by atoms with E-state index in [1.807, 2.05) is 29.0 Å². The van der Waals surface area contributed by atoms with Crippen LogP contribution in [0, 0.1) is 5.92 Å². The highest BCUT2D eigenvalue weighted by Gasteiger charge is 2.24. The quantitative estimate of drug-likeness (QED) is 0.638. The number of nitrogens with zero attached hydrogens (tertiary/aromatic N) is 3. The second kappa shape index (κ2) is 10.6. The summed E-state index contributed by atoms with van der Waals surface area (Å²) in [6, 6.07) is 8.22. The summed E-state index contributed by atoms with van der Waals surface area (Å²) >= 11 is 0. The van der Waals surface area contributed by atoms with Crippen LogP contribution in [0.3, 0.4) is 0 Å². The third-order valence-corrected chi connectivity index (χ3v) is 6.22. The molecule has 0 aliphatic carbocycles. The smallest absolute Gasteiger partial charge is 0.224 e. The summed E-state index contributed by atoms with van der Waals surface area (Å²) < 4.78 is 5.46. The first kappa shape index (κ1) is 21.6. The minimum absolute atomic E-state index is 0.149. The number of rotatable bonds is 9. The van der Waals surface area contributed by atoms with E-state index in [1.165, 1.54) is 18.4 Å². The van der Waals surface area contributed by atoms with Gasteiger partial charge in [0.2, 0.25) is 11.8 Å². The molecule has 1 atom stereocenters. The van der Waals surface area contributed by atoms with Gasteiger partial charge in [0, 0.05) is 52.6 Å². The highest BCUT2D eigenvalue weighted by atomic mass is 16.5. The lowest BCUT2D eigenvalue weighted by Crippen LogP contribution is -2.42. The van der Waals surface area contributed by atoms with Crippen molar-refractivity contribution in [1.82, 2.24) is 14.7 Å². The van der Waals surface area contributed by atoms with Crippen LogP contribution in [0.15, 0.2) is 24.3 Å². The molecular formula is C23H35N3O3. The summed E-state index contributed by atoms with van der Waals surface area (Å²) in [4.78, 5) is 30.4. The zero-order valence-electron chi connectivity index (χ0n) is 17.9. The van der Waals surface area contributed by atoms with Gasteiger partial charge in [-0.25, -0.2) is 0 Å². The van der Waals surface area contributed by atoms with E-state index >= 15 is 0 Å². The number of hydrogen-bond donors (Lipinski definition) is 0. The zero-order valence-corrected chi connectivity index (χ0v) is 17.9. The van der Waals surface area contributed by atoms with Gasteiger partial charge in [0.15, 0.2) is 0 Å². The van der Waals surface area contributed by atoms with Gasteiger partial charge in [0.05, 0.1) is 7.11 Å². The number of methoxy groups -OCH3 is 1. The van der Waals surface area contributed by atoms with Crippen LogP contribution in [0.2, 0.25) is 0 Å².